The first kappa shape index (κ1) is 13.0. The van der Waals surface area contributed by atoms with E-state index in [-0.39, 0.29) is 0 Å². The predicted octanol–water partition coefficient (Wildman–Crippen LogP) is 3.00. The molecule has 1 heterocycles. The third kappa shape index (κ3) is 2.64. The summed E-state index contributed by atoms with van der Waals surface area (Å²) in [5.74, 6) is 2.92. The Morgan fingerprint density at radius 2 is 2.32 bits per heavy atom. The summed E-state index contributed by atoms with van der Waals surface area (Å²) in [4.78, 5) is 4.65. The maximum Gasteiger partial charge on any atom is 0.203 e. The van der Waals surface area contributed by atoms with Crippen LogP contribution in [0.5, 0.6) is 0 Å². The van der Waals surface area contributed by atoms with Crippen LogP contribution in [0.1, 0.15) is 43.8 Å². The lowest BCUT2D eigenvalue weighted by molar-refractivity contribution is 0.197. The fourth-order valence-corrected chi connectivity index (χ4v) is 3.87. The fraction of sp³-hybridized carbons (Fsp3) is 0.800. The van der Waals surface area contributed by atoms with Gasteiger partial charge in [-0.2, -0.15) is 0 Å². The largest absolute Gasteiger partial charge is 0.385 e. The third-order valence-corrected chi connectivity index (χ3v) is 4.72. The van der Waals surface area contributed by atoms with Crippen LogP contribution in [-0.4, -0.2) is 29.8 Å². The number of imidazole rings is 1. The minimum atomic E-state index is 0.685. The number of nitrogens with zero attached hydrogens (tertiary/aromatic N) is 2. The number of anilines is 1. The Morgan fingerprint density at radius 1 is 1.42 bits per heavy atom. The van der Waals surface area contributed by atoms with Crippen LogP contribution >= 0.6 is 0 Å². The van der Waals surface area contributed by atoms with Gasteiger partial charge in [-0.15, -0.1) is 0 Å². The van der Waals surface area contributed by atoms with Gasteiger partial charge in [0.05, 0.1) is 5.69 Å². The Balaban J connectivity index is 1.67. The first-order chi connectivity index (χ1) is 9.28. The molecule has 0 radical (unpaired) electrons. The van der Waals surface area contributed by atoms with E-state index in [1.165, 1.54) is 25.7 Å². The molecule has 2 saturated carbocycles. The van der Waals surface area contributed by atoms with E-state index in [0.717, 1.165) is 43.1 Å². The zero-order chi connectivity index (χ0) is 13.2. The third-order valence-electron chi connectivity index (χ3n) is 4.72. The highest BCUT2D eigenvalue weighted by atomic mass is 16.5. The topological polar surface area (TPSA) is 39.1 Å². The van der Waals surface area contributed by atoms with Crippen molar-refractivity contribution in [2.24, 2.45) is 11.8 Å². The number of nitrogens with one attached hydrogen (secondary N) is 1. The zero-order valence-electron chi connectivity index (χ0n) is 12.1. The van der Waals surface area contributed by atoms with Crippen molar-refractivity contribution in [2.45, 2.75) is 45.1 Å². The van der Waals surface area contributed by atoms with Crippen molar-refractivity contribution in [3.8, 4) is 0 Å². The van der Waals surface area contributed by atoms with Gasteiger partial charge in [-0.1, -0.05) is 6.42 Å². The van der Waals surface area contributed by atoms with E-state index >= 15 is 0 Å². The molecule has 1 aromatic rings. The molecule has 4 nitrogen and oxygen atoms in total. The summed E-state index contributed by atoms with van der Waals surface area (Å²) in [6, 6.07) is 0.685. The van der Waals surface area contributed by atoms with Crippen LogP contribution in [0.3, 0.4) is 0 Å². The Hall–Kier alpha value is -1.03. The molecule has 2 aliphatic rings. The highest BCUT2D eigenvalue weighted by Gasteiger charge is 2.41. The molecule has 106 valence electrons. The Morgan fingerprint density at radius 3 is 3.00 bits per heavy atom. The molecule has 4 heteroatoms. The van der Waals surface area contributed by atoms with Gasteiger partial charge in [-0.3, -0.25) is 0 Å². The summed E-state index contributed by atoms with van der Waals surface area (Å²) < 4.78 is 7.50. The molecule has 3 atom stereocenters. The smallest absolute Gasteiger partial charge is 0.203 e. The van der Waals surface area contributed by atoms with Gasteiger partial charge in [-0.25, -0.2) is 4.98 Å². The van der Waals surface area contributed by atoms with E-state index in [1.807, 2.05) is 0 Å². The van der Waals surface area contributed by atoms with Crippen molar-refractivity contribution < 1.29 is 4.74 Å². The van der Waals surface area contributed by atoms with Gasteiger partial charge in [0, 0.05) is 32.5 Å². The Labute approximate surface area is 115 Å². The van der Waals surface area contributed by atoms with Gasteiger partial charge in [0.1, 0.15) is 0 Å². The molecular formula is C15H25N3O. The first-order valence-electron chi connectivity index (χ1n) is 7.56. The highest BCUT2D eigenvalue weighted by Crippen LogP contribution is 2.51. The van der Waals surface area contributed by atoms with Crippen LogP contribution in [0.4, 0.5) is 5.95 Å². The molecular weight excluding hydrogens is 238 g/mol. The SMILES string of the molecule is COCCCNc1nc(C)cn1C1CC2CCC1C2. The number of hydrogen-bond donors (Lipinski definition) is 1. The summed E-state index contributed by atoms with van der Waals surface area (Å²) in [6.45, 7) is 3.83. The molecule has 0 amide bonds. The number of methoxy groups -OCH3 is 1. The second kappa shape index (κ2) is 5.53. The molecule has 0 saturated heterocycles. The fourth-order valence-electron chi connectivity index (χ4n) is 3.87. The second-order valence-electron chi connectivity index (χ2n) is 6.13. The van der Waals surface area contributed by atoms with Crippen molar-refractivity contribution in [1.29, 1.82) is 0 Å². The zero-order valence-corrected chi connectivity index (χ0v) is 12.1. The van der Waals surface area contributed by atoms with E-state index < -0.39 is 0 Å². The number of ether oxygens (including phenoxy) is 1. The van der Waals surface area contributed by atoms with Crippen LogP contribution in [0.2, 0.25) is 0 Å². The normalized spacial score (nSPS) is 29.1. The van der Waals surface area contributed by atoms with Crippen LogP contribution in [0, 0.1) is 18.8 Å². The maximum absolute atomic E-state index is 5.09. The van der Waals surface area contributed by atoms with E-state index in [0.29, 0.717) is 6.04 Å². The van der Waals surface area contributed by atoms with Crippen molar-refractivity contribution in [1.82, 2.24) is 9.55 Å². The second-order valence-corrected chi connectivity index (χ2v) is 6.13. The lowest BCUT2D eigenvalue weighted by atomic mass is 9.95. The number of aromatic nitrogens is 2. The van der Waals surface area contributed by atoms with Crippen LogP contribution in [-0.2, 0) is 4.74 Å². The average molecular weight is 263 g/mol. The van der Waals surface area contributed by atoms with Gasteiger partial charge in [0.25, 0.3) is 0 Å². The van der Waals surface area contributed by atoms with Gasteiger partial charge < -0.3 is 14.6 Å². The van der Waals surface area contributed by atoms with Crippen molar-refractivity contribution >= 4 is 5.95 Å². The van der Waals surface area contributed by atoms with E-state index in [9.17, 15) is 0 Å². The van der Waals surface area contributed by atoms with E-state index in [1.54, 1.807) is 7.11 Å². The first-order valence-corrected chi connectivity index (χ1v) is 7.56. The molecule has 1 N–H and O–H groups in total. The van der Waals surface area contributed by atoms with Gasteiger partial charge >= 0.3 is 0 Å². The number of aryl methyl sites for hydroxylation is 1. The predicted molar refractivity (Wildman–Crippen MR) is 76.4 cm³/mol. The minimum absolute atomic E-state index is 0.685. The average Bonchev–Trinajstić information content (AvgIpc) is 3.09. The summed E-state index contributed by atoms with van der Waals surface area (Å²) >= 11 is 0. The van der Waals surface area contributed by atoms with Gasteiger partial charge in [0.15, 0.2) is 0 Å². The molecule has 2 aliphatic carbocycles. The molecule has 1 aromatic heterocycles. The van der Waals surface area contributed by atoms with Gasteiger partial charge in [-0.05, 0) is 44.4 Å². The molecule has 0 spiro atoms. The molecule has 0 aromatic carbocycles. The molecule has 2 bridgehead atoms. The molecule has 2 fully saturated rings. The standard InChI is InChI=1S/C15H25N3O/c1-11-10-18(14-9-12-4-5-13(14)8-12)15(17-11)16-6-3-7-19-2/h10,12-14H,3-9H2,1-2H3,(H,16,17). The van der Waals surface area contributed by atoms with E-state index in [4.69, 9.17) is 4.74 Å². The van der Waals surface area contributed by atoms with Crippen molar-refractivity contribution in [2.75, 3.05) is 25.6 Å². The summed E-state index contributed by atoms with van der Waals surface area (Å²) in [6.07, 6.45) is 8.91. The number of rotatable bonds is 6. The monoisotopic (exact) mass is 263 g/mol. The maximum atomic E-state index is 5.09. The van der Waals surface area contributed by atoms with Crippen LogP contribution in [0.15, 0.2) is 6.20 Å². The highest BCUT2D eigenvalue weighted by molar-refractivity contribution is 5.30. The van der Waals surface area contributed by atoms with Crippen LogP contribution in [0.25, 0.3) is 0 Å². The summed E-state index contributed by atoms with van der Waals surface area (Å²) in [5.41, 5.74) is 1.12. The van der Waals surface area contributed by atoms with Crippen LogP contribution < -0.4 is 5.32 Å². The van der Waals surface area contributed by atoms with Gasteiger partial charge in [0.2, 0.25) is 5.95 Å². The molecule has 3 unspecified atom stereocenters. The number of fused-ring (bicyclic) bond motifs is 2. The van der Waals surface area contributed by atoms with Crippen molar-refractivity contribution in [3.63, 3.8) is 0 Å². The van der Waals surface area contributed by atoms with Crippen molar-refractivity contribution in [3.05, 3.63) is 11.9 Å². The Kier molecular flexibility index (Phi) is 3.78. The lowest BCUT2D eigenvalue weighted by Crippen LogP contribution is -2.18. The summed E-state index contributed by atoms with van der Waals surface area (Å²) in [5, 5.41) is 3.48. The summed E-state index contributed by atoms with van der Waals surface area (Å²) in [7, 11) is 1.75. The molecule has 3 rings (SSSR count). The quantitative estimate of drug-likeness (QED) is 0.802. The molecule has 19 heavy (non-hydrogen) atoms. The lowest BCUT2D eigenvalue weighted by Gasteiger charge is -2.25. The molecule has 0 aliphatic heterocycles. The number of hydrogen-bond acceptors (Lipinski definition) is 3. The minimum Gasteiger partial charge on any atom is -0.385 e. The Bertz CT molecular complexity index is 429. The van der Waals surface area contributed by atoms with E-state index in [2.05, 4.69) is 28.0 Å².